The largest absolute Gasteiger partial charge is 0.376 e. The Morgan fingerprint density at radius 1 is 1.47 bits per heavy atom. The maximum Gasteiger partial charge on any atom is 0.252 e. The standard InChI is InChI=1S/C9H15Br2NO3/c1-9(5-10,6-11)12-8(13)7-4-14-2-3-15-7/h7H,2-6H2,1H3,(H,12,13). The van der Waals surface area contributed by atoms with Gasteiger partial charge in [0, 0.05) is 10.7 Å². The minimum absolute atomic E-state index is 0.115. The van der Waals surface area contributed by atoms with Crippen molar-refractivity contribution in [2.24, 2.45) is 0 Å². The maximum atomic E-state index is 11.8. The van der Waals surface area contributed by atoms with Gasteiger partial charge in [-0.3, -0.25) is 4.79 Å². The summed E-state index contributed by atoms with van der Waals surface area (Å²) in [6.07, 6.45) is -0.476. The molecule has 1 heterocycles. The number of halogens is 2. The molecule has 6 heteroatoms. The molecule has 1 aliphatic rings. The fraction of sp³-hybridized carbons (Fsp3) is 0.889. The highest BCUT2D eigenvalue weighted by molar-refractivity contribution is 9.09. The lowest BCUT2D eigenvalue weighted by Gasteiger charge is -2.30. The lowest BCUT2D eigenvalue weighted by atomic mass is 10.1. The van der Waals surface area contributed by atoms with Crippen molar-refractivity contribution in [1.29, 1.82) is 0 Å². The second-order valence-corrected chi connectivity index (χ2v) is 4.87. The van der Waals surface area contributed by atoms with Gasteiger partial charge in [0.15, 0.2) is 6.10 Å². The Morgan fingerprint density at radius 3 is 2.60 bits per heavy atom. The maximum absolute atomic E-state index is 11.8. The molecule has 4 nitrogen and oxygen atoms in total. The predicted octanol–water partition coefficient (Wildman–Crippen LogP) is 1.07. The van der Waals surface area contributed by atoms with E-state index >= 15 is 0 Å². The first-order valence-corrected chi connectivity index (χ1v) is 6.99. The van der Waals surface area contributed by atoms with Gasteiger partial charge in [0.25, 0.3) is 5.91 Å². The molecule has 1 atom stereocenters. The monoisotopic (exact) mass is 343 g/mol. The molecule has 0 bridgehead atoms. The molecule has 1 saturated heterocycles. The first kappa shape index (κ1) is 13.4. The second-order valence-electron chi connectivity index (χ2n) is 3.75. The third kappa shape index (κ3) is 4.01. The van der Waals surface area contributed by atoms with E-state index in [1.165, 1.54) is 0 Å². The molecule has 1 rings (SSSR count). The van der Waals surface area contributed by atoms with Crippen LogP contribution in [-0.4, -0.2) is 48.0 Å². The van der Waals surface area contributed by atoms with Gasteiger partial charge in [0.2, 0.25) is 0 Å². The third-order valence-corrected chi connectivity index (χ3v) is 4.60. The quantitative estimate of drug-likeness (QED) is 0.776. The van der Waals surface area contributed by atoms with Gasteiger partial charge in [-0.25, -0.2) is 0 Å². The predicted molar refractivity (Wildman–Crippen MR) is 64.7 cm³/mol. The molecule has 0 aromatic heterocycles. The van der Waals surface area contributed by atoms with Crippen LogP contribution in [0, 0.1) is 0 Å². The van der Waals surface area contributed by atoms with Crippen LogP contribution in [0.5, 0.6) is 0 Å². The molecule has 0 radical (unpaired) electrons. The Morgan fingerprint density at radius 2 is 2.13 bits per heavy atom. The average molecular weight is 345 g/mol. The first-order valence-electron chi connectivity index (χ1n) is 4.74. The van der Waals surface area contributed by atoms with Gasteiger partial charge in [-0.1, -0.05) is 31.9 Å². The first-order chi connectivity index (χ1) is 7.11. The number of ether oxygens (including phenoxy) is 2. The van der Waals surface area contributed by atoms with E-state index in [2.05, 4.69) is 37.2 Å². The fourth-order valence-corrected chi connectivity index (χ4v) is 2.33. The molecule has 1 fully saturated rings. The normalized spacial score (nSPS) is 22.5. The van der Waals surface area contributed by atoms with Gasteiger partial charge < -0.3 is 14.8 Å². The summed E-state index contributed by atoms with van der Waals surface area (Å²) >= 11 is 6.74. The van der Waals surface area contributed by atoms with E-state index in [4.69, 9.17) is 9.47 Å². The fourth-order valence-electron chi connectivity index (χ4n) is 1.12. The molecule has 0 aliphatic carbocycles. The van der Waals surface area contributed by atoms with Crippen molar-refractivity contribution >= 4 is 37.8 Å². The van der Waals surface area contributed by atoms with Crippen LogP contribution in [0.15, 0.2) is 0 Å². The summed E-state index contributed by atoms with van der Waals surface area (Å²) in [6.45, 7) is 3.35. The SMILES string of the molecule is CC(CBr)(CBr)NC(=O)C1COCCO1. The Labute approximate surface area is 106 Å². The van der Waals surface area contributed by atoms with Crippen molar-refractivity contribution < 1.29 is 14.3 Å². The molecule has 0 aromatic carbocycles. The smallest absolute Gasteiger partial charge is 0.252 e. The molecule has 1 N–H and O–H groups in total. The van der Waals surface area contributed by atoms with Crippen molar-refractivity contribution in [1.82, 2.24) is 5.32 Å². The second kappa shape index (κ2) is 6.18. The van der Waals surface area contributed by atoms with E-state index < -0.39 is 6.10 Å². The summed E-state index contributed by atoms with van der Waals surface area (Å²) in [4.78, 5) is 11.8. The van der Waals surface area contributed by atoms with E-state index in [1.54, 1.807) is 0 Å². The zero-order valence-electron chi connectivity index (χ0n) is 8.59. The third-order valence-electron chi connectivity index (χ3n) is 2.12. The topological polar surface area (TPSA) is 47.6 Å². The molecule has 1 amide bonds. The van der Waals surface area contributed by atoms with Gasteiger partial charge in [-0.2, -0.15) is 0 Å². The summed E-state index contributed by atoms with van der Waals surface area (Å²) in [5, 5.41) is 4.29. The number of nitrogens with one attached hydrogen (secondary N) is 1. The van der Waals surface area contributed by atoms with Crippen LogP contribution in [-0.2, 0) is 14.3 Å². The van der Waals surface area contributed by atoms with Gasteiger partial charge in [0.1, 0.15) is 0 Å². The highest BCUT2D eigenvalue weighted by Crippen LogP contribution is 2.12. The van der Waals surface area contributed by atoms with Crippen LogP contribution in [0.4, 0.5) is 0 Å². The van der Waals surface area contributed by atoms with Crippen molar-refractivity contribution in [3.63, 3.8) is 0 Å². The molecule has 15 heavy (non-hydrogen) atoms. The summed E-state index contributed by atoms with van der Waals surface area (Å²) in [7, 11) is 0. The molecule has 0 spiro atoms. The Balaban J connectivity index is 2.46. The number of hydrogen-bond acceptors (Lipinski definition) is 3. The van der Waals surface area contributed by atoms with E-state index in [9.17, 15) is 4.79 Å². The number of carbonyl (C=O) groups is 1. The van der Waals surface area contributed by atoms with E-state index in [-0.39, 0.29) is 11.4 Å². The van der Waals surface area contributed by atoms with Crippen LogP contribution in [0.25, 0.3) is 0 Å². The van der Waals surface area contributed by atoms with Gasteiger partial charge in [-0.05, 0) is 6.92 Å². The van der Waals surface area contributed by atoms with Crippen LogP contribution in [0.3, 0.4) is 0 Å². The van der Waals surface area contributed by atoms with Crippen LogP contribution in [0.2, 0.25) is 0 Å². The number of rotatable bonds is 4. The Bertz CT molecular complexity index is 215. The van der Waals surface area contributed by atoms with Crippen molar-refractivity contribution in [3.05, 3.63) is 0 Å². The summed E-state index contributed by atoms with van der Waals surface area (Å²) in [6, 6.07) is 0. The van der Waals surface area contributed by atoms with E-state index in [0.717, 1.165) is 0 Å². The highest BCUT2D eigenvalue weighted by Gasteiger charge is 2.29. The molecular formula is C9H15Br2NO3. The molecule has 1 unspecified atom stereocenters. The Hall–Kier alpha value is 0.350. The van der Waals surface area contributed by atoms with E-state index in [1.807, 2.05) is 6.92 Å². The average Bonchev–Trinajstić information content (AvgIpc) is 2.30. The molecule has 88 valence electrons. The molecular weight excluding hydrogens is 330 g/mol. The van der Waals surface area contributed by atoms with Crippen LogP contribution >= 0.6 is 31.9 Å². The number of alkyl halides is 2. The lowest BCUT2D eigenvalue weighted by molar-refractivity contribution is -0.148. The van der Waals surface area contributed by atoms with Crippen molar-refractivity contribution in [2.45, 2.75) is 18.6 Å². The van der Waals surface area contributed by atoms with Crippen molar-refractivity contribution in [2.75, 3.05) is 30.5 Å². The lowest BCUT2D eigenvalue weighted by Crippen LogP contribution is -2.54. The molecule has 0 saturated carbocycles. The van der Waals surface area contributed by atoms with Crippen molar-refractivity contribution in [3.8, 4) is 0 Å². The van der Waals surface area contributed by atoms with Gasteiger partial charge >= 0.3 is 0 Å². The minimum atomic E-state index is -0.476. The summed E-state index contributed by atoms with van der Waals surface area (Å²) in [5.41, 5.74) is -0.294. The van der Waals surface area contributed by atoms with Gasteiger partial charge in [-0.15, -0.1) is 0 Å². The minimum Gasteiger partial charge on any atom is -0.376 e. The highest BCUT2D eigenvalue weighted by atomic mass is 79.9. The molecule has 1 aliphatic heterocycles. The van der Waals surface area contributed by atoms with Crippen LogP contribution in [0.1, 0.15) is 6.92 Å². The summed E-state index contributed by atoms with van der Waals surface area (Å²) < 4.78 is 10.5. The summed E-state index contributed by atoms with van der Waals surface area (Å²) in [5.74, 6) is -0.115. The Kier molecular flexibility index (Phi) is 5.52. The zero-order chi connectivity index (χ0) is 11.3. The van der Waals surface area contributed by atoms with Gasteiger partial charge in [0.05, 0.1) is 25.4 Å². The number of amides is 1. The van der Waals surface area contributed by atoms with Crippen LogP contribution < -0.4 is 5.32 Å². The molecule has 0 aromatic rings. The number of carbonyl (C=O) groups excluding carboxylic acids is 1. The zero-order valence-corrected chi connectivity index (χ0v) is 11.8. The number of hydrogen-bond donors (Lipinski definition) is 1. The van der Waals surface area contributed by atoms with E-state index in [0.29, 0.717) is 30.5 Å².